The fourth-order valence-electron chi connectivity index (χ4n) is 3.18. The highest BCUT2D eigenvalue weighted by Crippen LogP contribution is 2.26. The average Bonchev–Trinajstić information content (AvgIpc) is 3.06. The Bertz CT molecular complexity index is 849. The van der Waals surface area contributed by atoms with E-state index in [1.165, 1.54) is 36.2 Å². The molecule has 0 radical (unpaired) electrons. The van der Waals surface area contributed by atoms with Gasteiger partial charge in [0.1, 0.15) is 4.70 Å². The Balaban J connectivity index is 1.85. The Kier molecular flexibility index (Phi) is 5.13. The van der Waals surface area contributed by atoms with Crippen molar-refractivity contribution in [1.82, 2.24) is 10.3 Å². The number of hydrogen-bond acceptors (Lipinski definition) is 3. The minimum atomic E-state index is 0.0186. The number of aryl methyl sites for hydroxylation is 1. The van der Waals surface area contributed by atoms with Crippen molar-refractivity contribution < 1.29 is 0 Å². The summed E-state index contributed by atoms with van der Waals surface area (Å²) < 4.78 is 0.825. The summed E-state index contributed by atoms with van der Waals surface area (Å²) in [5.74, 6) is 0. The quantitative estimate of drug-likeness (QED) is 0.673. The first kappa shape index (κ1) is 16.2. The second-order valence-electron chi connectivity index (χ2n) is 6.16. The highest BCUT2D eigenvalue weighted by Gasteiger charge is 2.09. The number of nitrogens with one attached hydrogen (secondary N) is 2. The third-order valence-corrected chi connectivity index (χ3v) is 5.50. The van der Waals surface area contributed by atoms with Crippen molar-refractivity contribution in [2.75, 3.05) is 7.05 Å². The SMILES string of the molecule is CCCCC(CCc1ccc2[nH]c(=O)c3sccc3c2c1)NC. The molecule has 122 valence electrons. The Morgan fingerprint density at radius 2 is 2.09 bits per heavy atom. The van der Waals surface area contributed by atoms with Gasteiger partial charge in [0.05, 0.1) is 0 Å². The molecule has 1 unspecified atom stereocenters. The van der Waals surface area contributed by atoms with Crippen LogP contribution in [0.4, 0.5) is 0 Å². The Morgan fingerprint density at radius 3 is 2.87 bits per heavy atom. The summed E-state index contributed by atoms with van der Waals surface area (Å²) in [6.07, 6.45) is 5.98. The van der Waals surface area contributed by atoms with E-state index in [9.17, 15) is 4.79 Å². The summed E-state index contributed by atoms with van der Waals surface area (Å²) in [6, 6.07) is 9.07. The van der Waals surface area contributed by atoms with Gasteiger partial charge in [-0.15, -0.1) is 11.3 Å². The molecule has 2 heterocycles. The van der Waals surface area contributed by atoms with E-state index in [1.807, 2.05) is 11.4 Å². The lowest BCUT2D eigenvalue weighted by Gasteiger charge is -2.15. The molecule has 1 atom stereocenters. The second kappa shape index (κ2) is 7.28. The first-order chi connectivity index (χ1) is 11.2. The normalized spacial score (nSPS) is 13.0. The number of benzene rings is 1. The lowest BCUT2D eigenvalue weighted by Crippen LogP contribution is -2.25. The van der Waals surface area contributed by atoms with E-state index < -0.39 is 0 Å². The van der Waals surface area contributed by atoms with E-state index in [4.69, 9.17) is 0 Å². The molecule has 0 bridgehead atoms. The van der Waals surface area contributed by atoms with E-state index in [1.54, 1.807) is 0 Å². The molecule has 0 aliphatic rings. The number of H-pyrrole nitrogens is 1. The van der Waals surface area contributed by atoms with Crippen LogP contribution in [0.1, 0.15) is 38.2 Å². The first-order valence-electron chi connectivity index (χ1n) is 8.42. The zero-order valence-electron chi connectivity index (χ0n) is 13.8. The number of pyridine rings is 1. The van der Waals surface area contributed by atoms with E-state index in [-0.39, 0.29) is 5.56 Å². The van der Waals surface area contributed by atoms with Gasteiger partial charge in [-0.2, -0.15) is 0 Å². The van der Waals surface area contributed by atoms with Crippen LogP contribution in [0.25, 0.3) is 21.0 Å². The summed E-state index contributed by atoms with van der Waals surface area (Å²) in [4.78, 5) is 15.0. The molecular formula is C19H24N2OS. The van der Waals surface area contributed by atoms with E-state index in [2.05, 4.69) is 42.5 Å². The monoisotopic (exact) mass is 328 g/mol. The molecule has 23 heavy (non-hydrogen) atoms. The highest BCUT2D eigenvalue weighted by atomic mass is 32.1. The number of rotatable bonds is 7. The number of unbranched alkanes of at least 4 members (excludes halogenated alkanes) is 1. The van der Waals surface area contributed by atoms with E-state index in [0.29, 0.717) is 6.04 Å². The zero-order chi connectivity index (χ0) is 16.2. The third kappa shape index (κ3) is 3.48. The fraction of sp³-hybridized carbons (Fsp3) is 0.421. The maximum atomic E-state index is 12.0. The van der Waals surface area contributed by atoms with Crippen LogP contribution in [-0.4, -0.2) is 18.1 Å². The smallest absolute Gasteiger partial charge is 0.266 e. The first-order valence-corrected chi connectivity index (χ1v) is 9.30. The van der Waals surface area contributed by atoms with Gasteiger partial charge in [-0.1, -0.05) is 25.8 Å². The van der Waals surface area contributed by atoms with E-state index in [0.717, 1.165) is 33.8 Å². The predicted molar refractivity (Wildman–Crippen MR) is 101 cm³/mol. The van der Waals surface area contributed by atoms with Gasteiger partial charge in [0.15, 0.2) is 0 Å². The largest absolute Gasteiger partial charge is 0.321 e. The van der Waals surface area contributed by atoms with Crippen molar-refractivity contribution in [3.8, 4) is 0 Å². The topological polar surface area (TPSA) is 44.9 Å². The number of aromatic nitrogens is 1. The Morgan fingerprint density at radius 1 is 1.22 bits per heavy atom. The van der Waals surface area contributed by atoms with Gasteiger partial charge >= 0.3 is 0 Å². The molecule has 0 spiro atoms. The molecular weight excluding hydrogens is 304 g/mol. The maximum Gasteiger partial charge on any atom is 0.266 e. The van der Waals surface area contributed by atoms with Gasteiger partial charge in [0.2, 0.25) is 0 Å². The second-order valence-corrected chi connectivity index (χ2v) is 7.08. The molecule has 3 rings (SSSR count). The van der Waals surface area contributed by atoms with Crippen LogP contribution in [0.3, 0.4) is 0 Å². The number of thiophene rings is 1. The third-order valence-electron chi connectivity index (χ3n) is 4.59. The van der Waals surface area contributed by atoms with Gasteiger partial charge in [-0.05, 0) is 55.5 Å². The maximum absolute atomic E-state index is 12.0. The predicted octanol–water partition coefficient (Wildman–Crippen LogP) is 4.45. The van der Waals surface area contributed by atoms with Crippen molar-refractivity contribution in [3.05, 3.63) is 45.6 Å². The zero-order valence-corrected chi connectivity index (χ0v) is 14.6. The van der Waals surface area contributed by atoms with Crippen LogP contribution < -0.4 is 10.9 Å². The molecule has 0 saturated heterocycles. The molecule has 3 aromatic rings. The van der Waals surface area contributed by atoms with Crippen molar-refractivity contribution in [1.29, 1.82) is 0 Å². The Hall–Kier alpha value is -1.65. The lowest BCUT2D eigenvalue weighted by atomic mass is 9.99. The highest BCUT2D eigenvalue weighted by molar-refractivity contribution is 7.17. The van der Waals surface area contributed by atoms with Gasteiger partial charge in [0, 0.05) is 22.3 Å². The van der Waals surface area contributed by atoms with Crippen LogP contribution in [0.2, 0.25) is 0 Å². The molecule has 1 aromatic carbocycles. The van der Waals surface area contributed by atoms with Crippen LogP contribution in [0, 0.1) is 0 Å². The summed E-state index contributed by atoms with van der Waals surface area (Å²) in [5, 5.41) is 7.66. The van der Waals surface area contributed by atoms with Crippen molar-refractivity contribution in [2.45, 2.75) is 45.1 Å². The molecule has 4 heteroatoms. The molecule has 0 aliphatic heterocycles. The molecule has 0 amide bonds. The molecule has 2 aromatic heterocycles. The number of aromatic amines is 1. The number of fused-ring (bicyclic) bond motifs is 3. The summed E-state index contributed by atoms with van der Waals surface area (Å²) in [7, 11) is 2.06. The summed E-state index contributed by atoms with van der Waals surface area (Å²) >= 11 is 1.51. The molecule has 0 fully saturated rings. The molecule has 2 N–H and O–H groups in total. The Labute approximate surface area is 140 Å². The molecule has 3 nitrogen and oxygen atoms in total. The fourth-order valence-corrected chi connectivity index (χ4v) is 3.98. The summed E-state index contributed by atoms with van der Waals surface area (Å²) in [6.45, 7) is 2.24. The van der Waals surface area contributed by atoms with Crippen LogP contribution >= 0.6 is 11.3 Å². The van der Waals surface area contributed by atoms with Gasteiger partial charge in [-0.25, -0.2) is 0 Å². The van der Waals surface area contributed by atoms with Crippen LogP contribution in [-0.2, 0) is 6.42 Å². The van der Waals surface area contributed by atoms with E-state index >= 15 is 0 Å². The molecule has 0 aliphatic carbocycles. The van der Waals surface area contributed by atoms with Gasteiger partial charge < -0.3 is 10.3 Å². The molecule has 0 saturated carbocycles. The van der Waals surface area contributed by atoms with Crippen molar-refractivity contribution in [2.24, 2.45) is 0 Å². The minimum Gasteiger partial charge on any atom is -0.321 e. The van der Waals surface area contributed by atoms with Crippen molar-refractivity contribution in [3.63, 3.8) is 0 Å². The van der Waals surface area contributed by atoms with Gasteiger partial charge in [-0.3, -0.25) is 4.79 Å². The lowest BCUT2D eigenvalue weighted by molar-refractivity contribution is 0.472. The average molecular weight is 328 g/mol. The summed E-state index contributed by atoms with van der Waals surface area (Å²) in [5.41, 5.74) is 2.29. The number of hydrogen-bond donors (Lipinski definition) is 2. The van der Waals surface area contributed by atoms with Crippen molar-refractivity contribution >= 4 is 32.3 Å². The van der Waals surface area contributed by atoms with Gasteiger partial charge in [0.25, 0.3) is 5.56 Å². The van der Waals surface area contributed by atoms with Crippen LogP contribution in [0.15, 0.2) is 34.4 Å². The minimum absolute atomic E-state index is 0.0186. The standard InChI is InChI=1S/C19H24N2OS/c1-3-4-5-14(20-2)8-6-13-7-9-17-16(12-13)15-10-11-23-18(15)19(22)21-17/h7,9-12,14,20H,3-6,8H2,1-2H3,(H,21,22). The van der Waals surface area contributed by atoms with Crippen LogP contribution in [0.5, 0.6) is 0 Å².